The summed E-state index contributed by atoms with van der Waals surface area (Å²) < 4.78 is 13.0. The van der Waals surface area contributed by atoms with Crippen LogP contribution in [0.25, 0.3) is 6.08 Å². The van der Waals surface area contributed by atoms with Crippen LogP contribution in [0.2, 0.25) is 0 Å². The fourth-order valence-corrected chi connectivity index (χ4v) is 4.59. The van der Waals surface area contributed by atoms with Crippen LogP contribution in [0.1, 0.15) is 31.2 Å². The van der Waals surface area contributed by atoms with Crippen molar-refractivity contribution in [3.05, 3.63) is 72.1 Å². The second-order valence-corrected chi connectivity index (χ2v) is 8.61. The Morgan fingerprint density at radius 3 is 2.19 bits per heavy atom. The van der Waals surface area contributed by atoms with E-state index in [1.165, 1.54) is 12.1 Å². The van der Waals surface area contributed by atoms with Crippen molar-refractivity contribution in [1.82, 2.24) is 9.80 Å². The fourth-order valence-electron chi connectivity index (χ4n) is 4.59. The minimum Gasteiger partial charge on any atom is -0.339 e. The molecule has 1 N–H and O–H groups in total. The van der Waals surface area contributed by atoms with E-state index in [0.29, 0.717) is 11.7 Å². The molecule has 2 fully saturated rings. The van der Waals surface area contributed by atoms with Gasteiger partial charge >= 0.3 is 0 Å². The van der Waals surface area contributed by atoms with Crippen LogP contribution < -0.4 is 5.32 Å². The number of anilines is 1. The molecule has 168 valence electrons. The summed E-state index contributed by atoms with van der Waals surface area (Å²) in [5, 5.41) is 2.90. The Kier molecular flexibility index (Phi) is 7.32. The lowest BCUT2D eigenvalue weighted by Crippen LogP contribution is -2.49. The third-order valence-corrected chi connectivity index (χ3v) is 6.52. The highest BCUT2D eigenvalue weighted by molar-refractivity contribution is 5.92. The monoisotopic (exact) mass is 435 g/mol. The molecule has 6 heteroatoms. The number of amides is 2. The van der Waals surface area contributed by atoms with Crippen molar-refractivity contribution in [3.63, 3.8) is 0 Å². The predicted molar refractivity (Wildman–Crippen MR) is 124 cm³/mol. The molecule has 2 heterocycles. The number of hydrogen-bond donors (Lipinski definition) is 1. The number of benzene rings is 2. The molecule has 0 unspecified atom stereocenters. The zero-order valence-corrected chi connectivity index (χ0v) is 18.3. The number of carbonyl (C=O) groups excluding carboxylic acids is 2. The van der Waals surface area contributed by atoms with Crippen molar-refractivity contribution in [3.8, 4) is 0 Å². The van der Waals surface area contributed by atoms with Crippen LogP contribution in [-0.2, 0) is 9.59 Å². The number of carbonyl (C=O) groups is 2. The summed E-state index contributed by atoms with van der Waals surface area (Å²) in [7, 11) is 0. The van der Waals surface area contributed by atoms with Gasteiger partial charge in [0, 0.05) is 36.8 Å². The summed E-state index contributed by atoms with van der Waals surface area (Å²) in [6.07, 6.45) is 7.13. The quantitative estimate of drug-likeness (QED) is 0.717. The van der Waals surface area contributed by atoms with Crippen LogP contribution in [0.5, 0.6) is 0 Å². The second kappa shape index (κ2) is 10.6. The molecule has 0 aliphatic carbocycles. The van der Waals surface area contributed by atoms with Gasteiger partial charge in [0.2, 0.25) is 11.8 Å². The molecule has 4 rings (SSSR count). The lowest BCUT2D eigenvalue weighted by atomic mass is 9.92. The van der Waals surface area contributed by atoms with Crippen molar-refractivity contribution in [2.24, 2.45) is 5.92 Å². The highest BCUT2D eigenvalue weighted by Crippen LogP contribution is 2.25. The van der Waals surface area contributed by atoms with E-state index in [1.54, 1.807) is 18.2 Å². The summed E-state index contributed by atoms with van der Waals surface area (Å²) in [4.78, 5) is 29.4. The highest BCUT2D eigenvalue weighted by atomic mass is 19.1. The summed E-state index contributed by atoms with van der Waals surface area (Å²) in [5.74, 6) is -0.234. The Bertz CT molecular complexity index is 929. The maximum absolute atomic E-state index is 13.0. The van der Waals surface area contributed by atoms with Gasteiger partial charge in [-0.2, -0.15) is 0 Å². The first-order valence-corrected chi connectivity index (χ1v) is 11.4. The van der Waals surface area contributed by atoms with Crippen LogP contribution in [0.4, 0.5) is 10.1 Å². The topological polar surface area (TPSA) is 52.7 Å². The first-order valence-electron chi connectivity index (χ1n) is 11.4. The Balaban J connectivity index is 1.20. The zero-order valence-electron chi connectivity index (χ0n) is 18.3. The molecule has 0 saturated carbocycles. The lowest BCUT2D eigenvalue weighted by molar-refractivity contribution is -0.128. The fraction of sp³-hybridized carbons (Fsp3) is 0.385. The molecule has 2 aliphatic heterocycles. The Morgan fingerprint density at radius 1 is 0.875 bits per heavy atom. The van der Waals surface area contributed by atoms with Gasteiger partial charge in [-0.15, -0.1) is 0 Å². The van der Waals surface area contributed by atoms with E-state index in [4.69, 9.17) is 0 Å². The number of rotatable bonds is 5. The van der Waals surface area contributed by atoms with Gasteiger partial charge in [-0.25, -0.2) is 4.39 Å². The third-order valence-electron chi connectivity index (χ3n) is 6.52. The highest BCUT2D eigenvalue weighted by Gasteiger charge is 2.31. The number of halogens is 1. The van der Waals surface area contributed by atoms with Gasteiger partial charge < -0.3 is 15.1 Å². The predicted octanol–water partition coefficient (Wildman–Crippen LogP) is 4.18. The van der Waals surface area contributed by atoms with Crippen LogP contribution in [0, 0.1) is 11.7 Å². The number of likely N-dealkylation sites (tertiary alicyclic amines) is 2. The molecule has 0 aromatic heterocycles. The molecule has 2 aromatic rings. The molecule has 2 saturated heterocycles. The molecule has 0 atom stereocenters. The SMILES string of the molecule is O=C(Nc1ccc(F)cc1)C1CCN(C2CCN(C(=O)/C=C/c3ccccc3)CC2)CC1. The van der Waals surface area contributed by atoms with Crippen molar-refractivity contribution in [2.75, 3.05) is 31.5 Å². The molecule has 0 spiro atoms. The van der Waals surface area contributed by atoms with E-state index in [-0.39, 0.29) is 23.5 Å². The normalized spacial score (nSPS) is 18.7. The standard InChI is InChI=1S/C26H30FN3O2/c27-22-7-9-23(10-8-22)28-26(32)21-12-16-29(17-13-21)24-14-18-30(19-15-24)25(31)11-6-20-4-2-1-3-5-20/h1-11,21,24H,12-19H2,(H,28,32)/b11-6+. The first-order chi connectivity index (χ1) is 15.6. The van der Waals surface area contributed by atoms with Gasteiger partial charge in [0.15, 0.2) is 0 Å². The molecule has 2 amide bonds. The first kappa shape index (κ1) is 22.2. The lowest BCUT2D eigenvalue weighted by Gasteiger charge is -2.41. The molecule has 0 radical (unpaired) electrons. The maximum atomic E-state index is 13.0. The van der Waals surface area contributed by atoms with E-state index < -0.39 is 0 Å². The molecule has 5 nitrogen and oxygen atoms in total. The minimum atomic E-state index is -0.309. The summed E-state index contributed by atoms with van der Waals surface area (Å²) in [5.41, 5.74) is 1.67. The van der Waals surface area contributed by atoms with Gasteiger partial charge in [-0.1, -0.05) is 30.3 Å². The van der Waals surface area contributed by atoms with Gasteiger partial charge in [-0.3, -0.25) is 9.59 Å². The van der Waals surface area contributed by atoms with Crippen molar-refractivity contribution in [1.29, 1.82) is 0 Å². The molecular formula is C26H30FN3O2. The number of nitrogens with zero attached hydrogens (tertiary/aromatic N) is 2. The molecule has 2 aromatic carbocycles. The third kappa shape index (κ3) is 5.82. The average molecular weight is 436 g/mol. The smallest absolute Gasteiger partial charge is 0.246 e. The largest absolute Gasteiger partial charge is 0.339 e. The zero-order chi connectivity index (χ0) is 22.3. The second-order valence-electron chi connectivity index (χ2n) is 8.61. The molecule has 0 bridgehead atoms. The van der Waals surface area contributed by atoms with E-state index >= 15 is 0 Å². The average Bonchev–Trinajstić information content (AvgIpc) is 2.85. The van der Waals surface area contributed by atoms with E-state index in [2.05, 4.69) is 10.2 Å². The number of hydrogen-bond acceptors (Lipinski definition) is 3. The van der Waals surface area contributed by atoms with Gasteiger partial charge in [0.1, 0.15) is 5.82 Å². The minimum absolute atomic E-state index is 0.0129. The van der Waals surface area contributed by atoms with E-state index in [9.17, 15) is 14.0 Å². The van der Waals surface area contributed by atoms with E-state index in [0.717, 1.165) is 57.4 Å². The molecule has 2 aliphatic rings. The van der Waals surface area contributed by atoms with E-state index in [1.807, 2.05) is 41.3 Å². The van der Waals surface area contributed by atoms with Crippen LogP contribution in [0.3, 0.4) is 0 Å². The summed E-state index contributed by atoms with van der Waals surface area (Å²) >= 11 is 0. The number of nitrogens with one attached hydrogen (secondary N) is 1. The van der Waals surface area contributed by atoms with Gasteiger partial charge in [0.05, 0.1) is 0 Å². The number of piperidine rings is 2. The summed E-state index contributed by atoms with van der Waals surface area (Å²) in [6, 6.07) is 16.2. The Hall–Kier alpha value is -2.99. The van der Waals surface area contributed by atoms with Crippen molar-refractivity contribution in [2.45, 2.75) is 31.7 Å². The Labute approximate surface area is 188 Å². The van der Waals surface area contributed by atoms with Gasteiger partial charge in [0.25, 0.3) is 0 Å². The van der Waals surface area contributed by atoms with Gasteiger partial charge in [-0.05, 0) is 74.7 Å². The molecular weight excluding hydrogens is 405 g/mol. The maximum Gasteiger partial charge on any atom is 0.246 e. The van der Waals surface area contributed by atoms with Crippen LogP contribution >= 0.6 is 0 Å². The Morgan fingerprint density at radius 2 is 1.53 bits per heavy atom. The van der Waals surface area contributed by atoms with Crippen molar-refractivity contribution >= 4 is 23.6 Å². The summed E-state index contributed by atoms with van der Waals surface area (Å²) in [6.45, 7) is 3.34. The van der Waals surface area contributed by atoms with Crippen LogP contribution in [0.15, 0.2) is 60.7 Å². The molecule has 32 heavy (non-hydrogen) atoms. The van der Waals surface area contributed by atoms with Crippen molar-refractivity contribution < 1.29 is 14.0 Å². The van der Waals surface area contributed by atoms with Crippen LogP contribution in [-0.4, -0.2) is 53.8 Å².